The first-order chi connectivity index (χ1) is 8.33. The highest BCUT2D eigenvalue weighted by molar-refractivity contribution is 7.14. The highest BCUT2D eigenvalue weighted by Crippen LogP contribution is 2.25. The predicted octanol–water partition coefficient (Wildman–Crippen LogP) is 2.58. The minimum Gasteiger partial charge on any atom is -0.352 e. The van der Waals surface area contributed by atoms with Crippen molar-refractivity contribution in [1.82, 2.24) is 9.97 Å². The fourth-order valence-corrected chi connectivity index (χ4v) is 3.36. The van der Waals surface area contributed by atoms with Gasteiger partial charge in [0.15, 0.2) is 9.60 Å². The van der Waals surface area contributed by atoms with Gasteiger partial charge >= 0.3 is 0 Å². The van der Waals surface area contributed by atoms with Gasteiger partial charge in [-0.3, -0.25) is 0 Å². The molecule has 0 atom stereocenters. The van der Waals surface area contributed by atoms with E-state index in [4.69, 9.17) is 11.6 Å². The van der Waals surface area contributed by atoms with E-state index in [9.17, 15) is 0 Å². The van der Waals surface area contributed by atoms with Crippen LogP contribution in [0.4, 0.5) is 10.9 Å². The van der Waals surface area contributed by atoms with Gasteiger partial charge < -0.3 is 9.80 Å². The fraction of sp³-hybridized carbons (Fsp3) is 0.400. The standard InChI is InChI=1S/C10H11ClN4S2/c11-9-13-8(7-17-9)14-2-4-15(5-3-14)10-12-1-6-16-10/h1,6-7H,2-5H2. The molecule has 17 heavy (non-hydrogen) atoms. The number of anilines is 2. The lowest BCUT2D eigenvalue weighted by Crippen LogP contribution is -2.46. The number of rotatable bonds is 2. The van der Waals surface area contributed by atoms with Crippen molar-refractivity contribution in [2.75, 3.05) is 36.0 Å². The molecule has 2 aromatic rings. The van der Waals surface area contributed by atoms with E-state index >= 15 is 0 Å². The molecule has 3 heterocycles. The van der Waals surface area contributed by atoms with Crippen molar-refractivity contribution in [3.63, 3.8) is 0 Å². The van der Waals surface area contributed by atoms with Crippen LogP contribution >= 0.6 is 34.3 Å². The van der Waals surface area contributed by atoms with Crippen molar-refractivity contribution in [3.05, 3.63) is 21.4 Å². The highest BCUT2D eigenvalue weighted by Gasteiger charge is 2.20. The van der Waals surface area contributed by atoms with Gasteiger partial charge in [0.2, 0.25) is 0 Å². The number of nitrogens with zero attached hydrogens (tertiary/aromatic N) is 4. The zero-order chi connectivity index (χ0) is 11.7. The molecule has 3 rings (SSSR count). The smallest absolute Gasteiger partial charge is 0.185 e. The zero-order valence-corrected chi connectivity index (χ0v) is 11.4. The molecule has 0 spiro atoms. The maximum atomic E-state index is 5.85. The molecular weight excluding hydrogens is 276 g/mol. The van der Waals surface area contributed by atoms with Crippen LogP contribution in [0.2, 0.25) is 4.47 Å². The molecule has 0 unspecified atom stereocenters. The van der Waals surface area contributed by atoms with Gasteiger partial charge in [-0.2, -0.15) is 0 Å². The largest absolute Gasteiger partial charge is 0.352 e. The molecule has 1 saturated heterocycles. The SMILES string of the molecule is Clc1nc(N2CCN(c3nccs3)CC2)cs1. The maximum Gasteiger partial charge on any atom is 0.185 e. The summed E-state index contributed by atoms with van der Waals surface area (Å²) in [5.74, 6) is 0.999. The first-order valence-corrected chi connectivity index (χ1v) is 7.47. The number of aromatic nitrogens is 2. The third-order valence-electron chi connectivity index (χ3n) is 2.76. The van der Waals surface area contributed by atoms with Gasteiger partial charge in [-0.15, -0.1) is 22.7 Å². The summed E-state index contributed by atoms with van der Waals surface area (Å²) >= 11 is 9.03. The molecule has 0 aromatic carbocycles. The fourth-order valence-electron chi connectivity index (χ4n) is 1.89. The molecule has 0 aliphatic carbocycles. The molecule has 1 aliphatic rings. The van der Waals surface area contributed by atoms with Crippen molar-refractivity contribution in [2.24, 2.45) is 0 Å². The zero-order valence-electron chi connectivity index (χ0n) is 9.04. The second kappa shape index (κ2) is 4.80. The Morgan fingerprint density at radius 1 is 1.12 bits per heavy atom. The summed E-state index contributed by atoms with van der Waals surface area (Å²) in [4.78, 5) is 13.2. The van der Waals surface area contributed by atoms with Gasteiger partial charge in [0.05, 0.1) is 0 Å². The Hall–Kier alpha value is -0.850. The first-order valence-electron chi connectivity index (χ1n) is 5.33. The molecule has 4 nitrogen and oxygen atoms in total. The van der Waals surface area contributed by atoms with Crippen molar-refractivity contribution in [1.29, 1.82) is 0 Å². The lowest BCUT2D eigenvalue weighted by molar-refractivity contribution is 0.647. The van der Waals surface area contributed by atoms with Crippen LogP contribution in [0, 0.1) is 0 Å². The number of piperazine rings is 1. The third-order valence-corrected chi connectivity index (χ3v) is 4.56. The second-order valence-corrected chi connectivity index (χ2v) is 6.06. The van der Waals surface area contributed by atoms with Crippen LogP contribution in [-0.2, 0) is 0 Å². The first kappa shape index (κ1) is 11.3. The summed E-state index contributed by atoms with van der Waals surface area (Å²) in [5.41, 5.74) is 0. The summed E-state index contributed by atoms with van der Waals surface area (Å²) in [7, 11) is 0. The molecule has 90 valence electrons. The summed E-state index contributed by atoms with van der Waals surface area (Å²) in [6, 6.07) is 0. The van der Waals surface area contributed by atoms with Crippen molar-refractivity contribution in [2.45, 2.75) is 0 Å². The van der Waals surface area contributed by atoms with Gasteiger partial charge in [-0.25, -0.2) is 9.97 Å². The van der Waals surface area contributed by atoms with Crippen molar-refractivity contribution >= 4 is 45.2 Å². The van der Waals surface area contributed by atoms with E-state index in [1.54, 1.807) is 11.3 Å². The number of hydrogen-bond donors (Lipinski definition) is 0. The van der Waals surface area contributed by atoms with E-state index < -0.39 is 0 Å². The summed E-state index contributed by atoms with van der Waals surface area (Å²) in [5, 5.41) is 5.14. The summed E-state index contributed by atoms with van der Waals surface area (Å²) in [6.45, 7) is 3.92. The van der Waals surface area contributed by atoms with E-state index in [0.717, 1.165) is 37.1 Å². The van der Waals surface area contributed by atoms with Crippen LogP contribution in [0.1, 0.15) is 0 Å². The Morgan fingerprint density at radius 2 is 1.88 bits per heavy atom. The Kier molecular flexibility index (Phi) is 3.17. The monoisotopic (exact) mass is 286 g/mol. The van der Waals surface area contributed by atoms with Crippen LogP contribution in [0.25, 0.3) is 0 Å². The Labute approximate surface area is 112 Å². The molecule has 1 aliphatic heterocycles. The molecule has 1 fully saturated rings. The predicted molar refractivity (Wildman–Crippen MR) is 73.7 cm³/mol. The average molecular weight is 287 g/mol. The van der Waals surface area contributed by atoms with Gasteiger partial charge in [0.1, 0.15) is 5.82 Å². The van der Waals surface area contributed by atoms with Crippen LogP contribution < -0.4 is 9.80 Å². The van der Waals surface area contributed by atoms with E-state index in [0.29, 0.717) is 4.47 Å². The molecule has 0 N–H and O–H groups in total. The van der Waals surface area contributed by atoms with E-state index in [-0.39, 0.29) is 0 Å². The Morgan fingerprint density at radius 3 is 2.47 bits per heavy atom. The normalized spacial score (nSPS) is 16.5. The minimum atomic E-state index is 0.613. The maximum absolute atomic E-state index is 5.85. The molecule has 0 saturated carbocycles. The topological polar surface area (TPSA) is 32.3 Å². The minimum absolute atomic E-state index is 0.613. The second-order valence-electron chi connectivity index (χ2n) is 3.75. The lowest BCUT2D eigenvalue weighted by Gasteiger charge is -2.34. The number of thiazole rings is 2. The Balaban J connectivity index is 1.64. The highest BCUT2D eigenvalue weighted by atomic mass is 35.5. The van der Waals surface area contributed by atoms with Gasteiger partial charge in [-0.05, 0) is 0 Å². The van der Waals surface area contributed by atoms with Crippen LogP contribution in [0.5, 0.6) is 0 Å². The summed E-state index contributed by atoms with van der Waals surface area (Å²) < 4.78 is 0.613. The molecule has 0 amide bonds. The van der Waals surface area contributed by atoms with Crippen LogP contribution in [0.3, 0.4) is 0 Å². The van der Waals surface area contributed by atoms with E-state index in [2.05, 4.69) is 19.8 Å². The van der Waals surface area contributed by atoms with Crippen LogP contribution in [0.15, 0.2) is 17.0 Å². The molecular formula is C10H11ClN4S2. The van der Waals surface area contributed by atoms with Gasteiger partial charge in [-0.1, -0.05) is 11.6 Å². The van der Waals surface area contributed by atoms with Crippen molar-refractivity contribution < 1.29 is 0 Å². The average Bonchev–Trinajstić information content (AvgIpc) is 3.00. The van der Waals surface area contributed by atoms with Gasteiger partial charge in [0, 0.05) is 43.1 Å². The number of hydrogen-bond acceptors (Lipinski definition) is 6. The van der Waals surface area contributed by atoms with Crippen molar-refractivity contribution in [3.8, 4) is 0 Å². The third kappa shape index (κ3) is 2.38. The summed E-state index contributed by atoms with van der Waals surface area (Å²) in [6.07, 6.45) is 1.85. The van der Waals surface area contributed by atoms with Gasteiger partial charge in [0.25, 0.3) is 0 Å². The van der Waals surface area contributed by atoms with E-state index in [1.807, 2.05) is 17.0 Å². The lowest BCUT2D eigenvalue weighted by atomic mass is 10.3. The van der Waals surface area contributed by atoms with Crippen LogP contribution in [-0.4, -0.2) is 36.1 Å². The molecule has 7 heteroatoms. The molecule has 0 bridgehead atoms. The molecule has 0 radical (unpaired) electrons. The Bertz CT molecular complexity index is 476. The molecule has 2 aromatic heterocycles. The quantitative estimate of drug-likeness (QED) is 0.849. The number of halogens is 1. The van der Waals surface area contributed by atoms with E-state index in [1.165, 1.54) is 11.3 Å².